The van der Waals surface area contributed by atoms with Crippen LogP contribution in [-0.4, -0.2) is 35.2 Å². The number of nitrogens with zero attached hydrogens (tertiary/aromatic N) is 1. The van der Waals surface area contributed by atoms with Crippen LogP contribution in [-0.2, 0) is 11.3 Å². The fourth-order valence-corrected chi connectivity index (χ4v) is 2.56. The van der Waals surface area contributed by atoms with E-state index in [-0.39, 0.29) is 5.91 Å². The molecule has 0 saturated heterocycles. The van der Waals surface area contributed by atoms with Gasteiger partial charge in [0.25, 0.3) is 5.91 Å². The lowest BCUT2D eigenvalue weighted by Crippen LogP contribution is -2.36. The highest BCUT2D eigenvalue weighted by Crippen LogP contribution is 2.11. The number of fused-ring (bicyclic) bond motifs is 1. The smallest absolute Gasteiger partial charge is 0.316 e. The van der Waals surface area contributed by atoms with Crippen molar-refractivity contribution in [2.75, 3.05) is 19.8 Å². The van der Waals surface area contributed by atoms with E-state index in [1.807, 2.05) is 0 Å². The lowest BCUT2D eigenvalue weighted by atomic mass is 10.1. The van der Waals surface area contributed by atoms with E-state index in [0.717, 1.165) is 25.9 Å². The molecule has 0 aliphatic carbocycles. The Balaban J connectivity index is 2.01. The van der Waals surface area contributed by atoms with Gasteiger partial charge in [-0.3, -0.25) is 14.4 Å². The van der Waals surface area contributed by atoms with Crippen molar-refractivity contribution >= 4 is 16.9 Å². The van der Waals surface area contributed by atoms with Gasteiger partial charge < -0.3 is 19.6 Å². The zero-order chi connectivity index (χ0) is 18.2. The first-order valence-corrected chi connectivity index (χ1v) is 8.71. The Morgan fingerprint density at radius 1 is 1.20 bits per heavy atom. The van der Waals surface area contributed by atoms with Crippen LogP contribution in [0.15, 0.2) is 27.8 Å². The zero-order valence-corrected chi connectivity index (χ0v) is 14.8. The molecule has 0 unspecified atom stereocenters. The summed E-state index contributed by atoms with van der Waals surface area (Å²) in [5.41, 5.74) is 0.248. The van der Waals surface area contributed by atoms with Crippen LogP contribution in [0, 0.1) is 0 Å². The van der Waals surface area contributed by atoms with Gasteiger partial charge in [0.2, 0.25) is 0 Å². The SMILES string of the molecule is CCCCOCCCNC(=O)c1ccc2c(c1)[nH]c(=O)c(=O)n2CC. The molecular formula is C18H25N3O4. The molecule has 0 fully saturated rings. The van der Waals surface area contributed by atoms with Crippen LogP contribution < -0.4 is 16.4 Å². The van der Waals surface area contributed by atoms with Crippen LogP contribution >= 0.6 is 0 Å². The Kier molecular flexibility index (Phi) is 6.94. The Labute approximate surface area is 146 Å². The number of aryl methyl sites for hydroxylation is 1. The summed E-state index contributed by atoms with van der Waals surface area (Å²) >= 11 is 0. The number of rotatable bonds is 9. The summed E-state index contributed by atoms with van der Waals surface area (Å²) in [5, 5.41) is 2.83. The minimum Gasteiger partial charge on any atom is -0.381 e. The number of unbranched alkanes of at least 4 members (excludes halogenated alkanes) is 1. The van der Waals surface area contributed by atoms with E-state index in [2.05, 4.69) is 17.2 Å². The van der Waals surface area contributed by atoms with Crippen LogP contribution in [0.5, 0.6) is 0 Å². The van der Waals surface area contributed by atoms with Gasteiger partial charge in [-0.05, 0) is 38.0 Å². The van der Waals surface area contributed by atoms with Gasteiger partial charge in [0.15, 0.2) is 0 Å². The van der Waals surface area contributed by atoms with Crippen molar-refractivity contribution in [1.82, 2.24) is 14.9 Å². The molecular weight excluding hydrogens is 322 g/mol. The van der Waals surface area contributed by atoms with E-state index >= 15 is 0 Å². The fraction of sp³-hybridized carbons (Fsp3) is 0.500. The van der Waals surface area contributed by atoms with Crippen LogP contribution in [0.3, 0.4) is 0 Å². The molecule has 1 amide bonds. The third kappa shape index (κ3) is 4.79. The largest absolute Gasteiger partial charge is 0.381 e. The summed E-state index contributed by atoms with van der Waals surface area (Å²) in [6.45, 7) is 6.19. The number of benzene rings is 1. The third-order valence-corrected chi connectivity index (χ3v) is 3.95. The number of aromatic amines is 1. The standard InChI is InChI=1S/C18H25N3O4/c1-3-5-10-25-11-6-9-19-16(22)13-7-8-15-14(12-13)20-17(23)18(24)21(15)4-2/h7-8,12H,3-6,9-11H2,1-2H3,(H,19,22)(H,20,23). The molecule has 7 nitrogen and oxygen atoms in total. The number of aromatic nitrogens is 2. The second-order valence-corrected chi connectivity index (χ2v) is 5.81. The first-order valence-electron chi connectivity index (χ1n) is 8.71. The normalized spacial score (nSPS) is 11.0. The number of carbonyl (C=O) groups excluding carboxylic acids is 1. The van der Waals surface area contributed by atoms with Crippen molar-refractivity contribution in [3.05, 3.63) is 44.5 Å². The topological polar surface area (TPSA) is 93.2 Å². The van der Waals surface area contributed by atoms with Gasteiger partial charge in [-0.15, -0.1) is 0 Å². The minimum absolute atomic E-state index is 0.217. The minimum atomic E-state index is -0.684. The van der Waals surface area contributed by atoms with Gasteiger partial charge in [0.1, 0.15) is 0 Å². The predicted molar refractivity (Wildman–Crippen MR) is 97.2 cm³/mol. The van der Waals surface area contributed by atoms with Gasteiger partial charge >= 0.3 is 11.1 Å². The summed E-state index contributed by atoms with van der Waals surface area (Å²) in [6, 6.07) is 4.92. The second-order valence-electron chi connectivity index (χ2n) is 5.81. The van der Waals surface area contributed by atoms with E-state index in [1.54, 1.807) is 25.1 Å². The second kappa shape index (κ2) is 9.17. The molecule has 136 valence electrons. The summed E-state index contributed by atoms with van der Waals surface area (Å²) in [4.78, 5) is 38.3. The molecule has 1 aromatic heterocycles. The quantitative estimate of drug-likeness (QED) is 0.533. The maximum absolute atomic E-state index is 12.2. The fourth-order valence-electron chi connectivity index (χ4n) is 2.56. The van der Waals surface area contributed by atoms with Crippen LogP contribution in [0.4, 0.5) is 0 Å². The molecule has 2 aromatic rings. The average Bonchev–Trinajstić information content (AvgIpc) is 2.61. The van der Waals surface area contributed by atoms with Gasteiger partial charge in [0, 0.05) is 31.9 Å². The van der Waals surface area contributed by atoms with Crippen molar-refractivity contribution < 1.29 is 9.53 Å². The predicted octanol–water partition coefficient (Wildman–Crippen LogP) is 1.65. The van der Waals surface area contributed by atoms with E-state index in [9.17, 15) is 14.4 Å². The van der Waals surface area contributed by atoms with Crippen molar-refractivity contribution in [3.63, 3.8) is 0 Å². The van der Waals surface area contributed by atoms with Gasteiger partial charge in [0.05, 0.1) is 11.0 Å². The summed E-state index contributed by atoms with van der Waals surface area (Å²) < 4.78 is 6.84. The number of ether oxygens (including phenoxy) is 1. The summed E-state index contributed by atoms with van der Waals surface area (Å²) in [6.07, 6.45) is 2.90. The Morgan fingerprint density at radius 2 is 1.96 bits per heavy atom. The van der Waals surface area contributed by atoms with Gasteiger partial charge in [-0.25, -0.2) is 0 Å². The number of carbonyl (C=O) groups is 1. The number of H-pyrrole nitrogens is 1. The van der Waals surface area contributed by atoms with E-state index in [0.29, 0.717) is 36.3 Å². The molecule has 0 aliphatic heterocycles. The summed E-state index contributed by atoms with van der Waals surface area (Å²) in [7, 11) is 0. The van der Waals surface area contributed by atoms with Crippen LogP contribution in [0.2, 0.25) is 0 Å². The molecule has 2 N–H and O–H groups in total. The summed E-state index contributed by atoms with van der Waals surface area (Å²) in [5.74, 6) is -0.217. The highest BCUT2D eigenvalue weighted by Gasteiger charge is 2.10. The lowest BCUT2D eigenvalue weighted by molar-refractivity contribution is 0.0940. The number of nitrogens with one attached hydrogen (secondary N) is 2. The van der Waals surface area contributed by atoms with Gasteiger partial charge in [-0.2, -0.15) is 0 Å². The van der Waals surface area contributed by atoms with Crippen LogP contribution in [0.25, 0.3) is 11.0 Å². The number of hydrogen-bond donors (Lipinski definition) is 2. The highest BCUT2D eigenvalue weighted by atomic mass is 16.5. The zero-order valence-electron chi connectivity index (χ0n) is 14.8. The third-order valence-electron chi connectivity index (χ3n) is 3.95. The molecule has 25 heavy (non-hydrogen) atoms. The maximum atomic E-state index is 12.2. The number of hydrogen-bond acceptors (Lipinski definition) is 4. The molecule has 0 saturated carbocycles. The first-order chi connectivity index (χ1) is 12.1. The molecule has 1 aromatic carbocycles. The van der Waals surface area contributed by atoms with E-state index in [4.69, 9.17) is 4.74 Å². The van der Waals surface area contributed by atoms with Crippen molar-refractivity contribution in [3.8, 4) is 0 Å². The lowest BCUT2D eigenvalue weighted by Gasteiger charge is -2.09. The Bertz CT molecular complexity index is 838. The van der Waals surface area contributed by atoms with Crippen molar-refractivity contribution in [2.45, 2.75) is 39.7 Å². The molecule has 1 heterocycles. The Hall–Kier alpha value is -2.41. The van der Waals surface area contributed by atoms with E-state index < -0.39 is 11.1 Å². The molecule has 2 rings (SSSR count). The molecule has 7 heteroatoms. The maximum Gasteiger partial charge on any atom is 0.316 e. The molecule has 0 radical (unpaired) electrons. The Morgan fingerprint density at radius 3 is 2.68 bits per heavy atom. The van der Waals surface area contributed by atoms with Crippen molar-refractivity contribution in [2.24, 2.45) is 0 Å². The number of amides is 1. The van der Waals surface area contributed by atoms with Gasteiger partial charge in [-0.1, -0.05) is 13.3 Å². The average molecular weight is 347 g/mol. The molecule has 0 aliphatic rings. The monoisotopic (exact) mass is 347 g/mol. The molecule has 0 atom stereocenters. The van der Waals surface area contributed by atoms with Crippen LogP contribution in [0.1, 0.15) is 43.5 Å². The molecule has 0 spiro atoms. The highest BCUT2D eigenvalue weighted by molar-refractivity contribution is 5.97. The van der Waals surface area contributed by atoms with E-state index in [1.165, 1.54) is 4.57 Å². The molecule has 0 bridgehead atoms. The van der Waals surface area contributed by atoms with Crippen molar-refractivity contribution in [1.29, 1.82) is 0 Å². The first kappa shape index (κ1) is 18.9.